The van der Waals surface area contributed by atoms with Crippen LogP contribution < -0.4 is 5.43 Å². The average Bonchev–Trinajstić information content (AvgIpc) is 2.87. The van der Waals surface area contributed by atoms with Crippen LogP contribution in [0.1, 0.15) is 5.82 Å². The molecule has 0 amide bonds. The standard InChI is InChI=1S/C12H9N7/c1-8-15-12(19-16-8)9-3-2-4-10(5-9)17-18-11(6-13)7-14/h2-5,17H,1H3,(H,15,16,19). The van der Waals surface area contributed by atoms with Gasteiger partial charge in [-0.3, -0.25) is 10.5 Å². The van der Waals surface area contributed by atoms with Crippen molar-refractivity contribution in [2.24, 2.45) is 5.10 Å². The number of H-pyrrole nitrogens is 1. The van der Waals surface area contributed by atoms with E-state index in [1.54, 1.807) is 30.3 Å². The Bertz CT molecular complexity index is 683. The lowest BCUT2D eigenvalue weighted by atomic mass is 10.2. The third kappa shape index (κ3) is 2.93. The van der Waals surface area contributed by atoms with Gasteiger partial charge in [0.05, 0.1) is 5.69 Å². The fourth-order valence-corrected chi connectivity index (χ4v) is 1.40. The summed E-state index contributed by atoms with van der Waals surface area (Å²) in [5.74, 6) is 1.30. The molecule has 7 heteroatoms. The fraction of sp³-hybridized carbons (Fsp3) is 0.0833. The SMILES string of the molecule is Cc1nc(-c2cccc(NN=C(C#N)C#N)c2)n[nH]1. The molecular weight excluding hydrogens is 242 g/mol. The molecule has 0 aliphatic rings. The number of hydrogen-bond acceptors (Lipinski definition) is 6. The average molecular weight is 251 g/mol. The molecule has 1 aromatic carbocycles. The number of aryl methyl sites for hydroxylation is 1. The van der Waals surface area contributed by atoms with Gasteiger partial charge in [0.25, 0.3) is 0 Å². The Hall–Kier alpha value is -3.19. The summed E-state index contributed by atoms with van der Waals surface area (Å²) in [5.41, 5.74) is 3.85. The molecule has 1 aromatic heterocycles. The Labute approximate surface area is 109 Å². The van der Waals surface area contributed by atoms with Gasteiger partial charge in [0, 0.05) is 5.56 Å². The second kappa shape index (κ2) is 5.43. The molecule has 0 radical (unpaired) electrons. The van der Waals surface area contributed by atoms with Crippen LogP contribution in [0.2, 0.25) is 0 Å². The number of benzene rings is 1. The summed E-state index contributed by atoms with van der Waals surface area (Å²) in [7, 11) is 0. The number of hydrogen-bond donors (Lipinski definition) is 2. The minimum atomic E-state index is -0.237. The smallest absolute Gasteiger partial charge is 0.237 e. The van der Waals surface area contributed by atoms with Crippen LogP contribution in [0.15, 0.2) is 29.4 Å². The maximum absolute atomic E-state index is 8.57. The Morgan fingerprint density at radius 2 is 2.16 bits per heavy atom. The van der Waals surface area contributed by atoms with Crippen LogP contribution in [-0.4, -0.2) is 20.9 Å². The van der Waals surface area contributed by atoms with Crippen molar-refractivity contribution in [3.63, 3.8) is 0 Å². The molecule has 2 N–H and O–H groups in total. The molecule has 92 valence electrons. The van der Waals surface area contributed by atoms with Crippen LogP contribution in [-0.2, 0) is 0 Å². The van der Waals surface area contributed by atoms with Gasteiger partial charge in [0.1, 0.15) is 18.0 Å². The van der Waals surface area contributed by atoms with Crippen LogP contribution in [0.3, 0.4) is 0 Å². The van der Waals surface area contributed by atoms with Gasteiger partial charge in [-0.15, -0.1) is 0 Å². The van der Waals surface area contributed by atoms with Crippen molar-refractivity contribution in [1.82, 2.24) is 15.2 Å². The highest BCUT2D eigenvalue weighted by Gasteiger charge is 2.04. The largest absolute Gasteiger partial charge is 0.276 e. The minimum absolute atomic E-state index is 0.237. The lowest BCUT2D eigenvalue weighted by molar-refractivity contribution is 1.04. The third-order valence-electron chi connectivity index (χ3n) is 2.23. The first-order chi connectivity index (χ1) is 9.22. The zero-order valence-electron chi connectivity index (χ0n) is 10.0. The predicted molar refractivity (Wildman–Crippen MR) is 68.8 cm³/mol. The molecule has 2 rings (SSSR count). The van der Waals surface area contributed by atoms with E-state index in [0.29, 0.717) is 11.5 Å². The van der Waals surface area contributed by atoms with Crippen LogP contribution in [0.4, 0.5) is 5.69 Å². The Balaban J connectivity index is 2.24. The van der Waals surface area contributed by atoms with Crippen molar-refractivity contribution >= 4 is 11.4 Å². The molecule has 1 heterocycles. The number of aromatic nitrogens is 3. The topological polar surface area (TPSA) is 114 Å². The first kappa shape index (κ1) is 12.3. The summed E-state index contributed by atoms with van der Waals surface area (Å²) in [6.45, 7) is 1.81. The summed E-state index contributed by atoms with van der Waals surface area (Å²) in [6, 6.07) is 10.5. The van der Waals surface area contributed by atoms with Crippen molar-refractivity contribution in [3.05, 3.63) is 30.1 Å². The number of nitrogens with one attached hydrogen (secondary N) is 2. The van der Waals surface area contributed by atoms with E-state index in [4.69, 9.17) is 10.5 Å². The molecule has 0 fully saturated rings. The molecular formula is C12H9N7. The predicted octanol–water partition coefficient (Wildman–Crippen LogP) is 1.60. The summed E-state index contributed by atoms with van der Waals surface area (Å²) in [4.78, 5) is 4.21. The van der Waals surface area contributed by atoms with Crippen LogP contribution >= 0.6 is 0 Å². The van der Waals surface area contributed by atoms with E-state index in [1.165, 1.54) is 0 Å². The van der Waals surface area contributed by atoms with Gasteiger partial charge in [-0.2, -0.15) is 20.7 Å². The van der Waals surface area contributed by atoms with Gasteiger partial charge in [-0.25, -0.2) is 4.98 Å². The molecule has 0 atom stereocenters. The summed E-state index contributed by atoms with van der Waals surface area (Å²) >= 11 is 0. The molecule has 0 bridgehead atoms. The monoisotopic (exact) mass is 251 g/mol. The van der Waals surface area contributed by atoms with Gasteiger partial charge in [-0.1, -0.05) is 12.1 Å². The van der Waals surface area contributed by atoms with Gasteiger partial charge in [-0.05, 0) is 19.1 Å². The van der Waals surface area contributed by atoms with E-state index in [2.05, 4.69) is 25.7 Å². The van der Waals surface area contributed by atoms with Gasteiger partial charge in [0.2, 0.25) is 5.71 Å². The first-order valence-electron chi connectivity index (χ1n) is 5.36. The zero-order chi connectivity index (χ0) is 13.7. The molecule has 0 unspecified atom stereocenters. The molecule has 2 aromatic rings. The van der Waals surface area contributed by atoms with E-state index < -0.39 is 0 Å². The molecule has 7 nitrogen and oxygen atoms in total. The van der Waals surface area contributed by atoms with Crippen molar-refractivity contribution in [2.45, 2.75) is 6.92 Å². The van der Waals surface area contributed by atoms with Crippen molar-refractivity contribution in [1.29, 1.82) is 10.5 Å². The Morgan fingerprint density at radius 3 is 2.79 bits per heavy atom. The van der Waals surface area contributed by atoms with Crippen LogP contribution in [0, 0.1) is 29.6 Å². The maximum Gasteiger partial charge on any atom is 0.237 e. The molecule has 19 heavy (non-hydrogen) atoms. The Kier molecular flexibility index (Phi) is 3.51. The van der Waals surface area contributed by atoms with E-state index in [0.717, 1.165) is 11.4 Å². The first-order valence-corrected chi connectivity index (χ1v) is 5.36. The number of rotatable bonds is 3. The quantitative estimate of drug-likeness (QED) is 0.635. The van der Waals surface area contributed by atoms with Gasteiger partial charge < -0.3 is 0 Å². The maximum atomic E-state index is 8.57. The van der Waals surface area contributed by atoms with Crippen LogP contribution in [0.5, 0.6) is 0 Å². The van der Waals surface area contributed by atoms with Crippen molar-refractivity contribution in [3.8, 4) is 23.5 Å². The number of nitrogens with zero attached hydrogens (tertiary/aromatic N) is 5. The third-order valence-corrected chi connectivity index (χ3v) is 2.23. The second-order valence-corrected chi connectivity index (χ2v) is 3.62. The van der Waals surface area contributed by atoms with Crippen molar-refractivity contribution in [2.75, 3.05) is 5.43 Å². The van der Waals surface area contributed by atoms with Crippen molar-refractivity contribution < 1.29 is 0 Å². The second-order valence-electron chi connectivity index (χ2n) is 3.62. The summed E-state index contributed by atoms with van der Waals surface area (Å²) in [6.07, 6.45) is 0. The summed E-state index contributed by atoms with van der Waals surface area (Å²) in [5, 5.41) is 27.6. The van der Waals surface area contributed by atoms with E-state index in [1.807, 2.05) is 13.0 Å². The molecule has 0 aliphatic carbocycles. The zero-order valence-corrected chi connectivity index (χ0v) is 10.0. The number of aromatic amines is 1. The number of nitriles is 2. The van der Waals surface area contributed by atoms with Crippen LogP contribution in [0.25, 0.3) is 11.4 Å². The Morgan fingerprint density at radius 1 is 1.37 bits per heavy atom. The van der Waals surface area contributed by atoms with E-state index in [9.17, 15) is 0 Å². The fourth-order valence-electron chi connectivity index (χ4n) is 1.40. The molecule has 0 spiro atoms. The molecule has 0 aliphatic heterocycles. The number of hydrazone groups is 1. The lowest BCUT2D eigenvalue weighted by Crippen LogP contribution is -1.96. The minimum Gasteiger partial charge on any atom is -0.276 e. The highest BCUT2D eigenvalue weighted by Crippen LogP contribution is 2.19. The lowest BCUT2D eigenvalue weighted by Gasteiger charge is -2.01. The van der Waals surface area contributed by atoms with Gasteiger partial charge >= 0.3 is 0 Å². The highest BCUT2D eigenvalue weighted by molar-refractivity contribution is 6.10. The molecule has 0 saturated heterocycles. The van der Waals surface area contributed by atoms with E-state index >= 15 is 0 Å². The van der Waals surface area contributed by atoms with Gasteiger partial charge in [0.15, 0.2) is 5.82 Å². The van der Waals surface area contributed by atoms with E-state index in [-0.39, 0.29) is 5.71 Å². The number of anilines is 1. The normalized spacial score (nSPS) is 9.21. The molecule has 0 saturated carbocycles. The summed E-state index contributed by atoms with van der Waals surface area (Å²) < 4.78 is 0. The highest BCUT2D eigenvalue weighted by atomic mass is 15.3.